The number of rotatable bonds is 7. The third kappa shape index (κ3) is 4.35. The Morgan fingerprint density at radius 2 is 2.08 bits per heavy atom. The van der Waals surface area contributed by atoms with E-state index in [0.29, 0.717) is 10.9 Å². The number of aliphatic carboxylic acids is 1. The van der Waals surface area contributed by atoms with Crippen molar-refractivity contribution in [2.45, 2.75) is 38.0 Å². The van der Waals surface area contributed by atoms with E-state index in [0.717, 1.165) is 22.7 Å². The number of nitrogens with zero attached hydrogens (tertiary/aromatic N) is 2. The van der Waals surface area contributed by atoms with Gasteiger partial charge >= 0.3 is 5.97 Å². The molecule has 2 aromatic rings. The minimum atomic E-state index is -1.14. The number of carboxylic acid groups (broad SMARTS) is 1. The number of fused-ring (bicyclic) bond motifs is 1. The predicted octanol–water partition coefficient (Wildman–Crippen LogP) is 1.49. The van der Waals surface area contributed by atoms with Crippen LogP contribution in [0.3, 0.4) is 0 Å². The SMILES string of the molecule is CC[C@@H](C)NC(=O)CSc1nc2ccccc2c(=O)n1CC(=O)O. The van der Waals surface area contributed by atoms with E-state index >= 15 is 0 Å². The summed E-state index contributed by atoms with van der Waals surface area (Å²) in [5, 5.41) is 12.4. The standard InChI is InChI=1S/C16H19N3O4S/c1-3-10(2)17-13(20)9-24-16-18-12-7-5-4-6-11(12)15(23)19(16)8-14(21)22/h4-7,10H,3,8-9H2,1-2H3,(H,17,20)(H,21,22)/t10-/m1/s1. The van der Waals surface area contributed by atoms with Crippen LogP contribution in [0.4, 0.5) is 0 Å². The minimum absolute atomic E-state index is 0.0591. The van der Waals surface area contributed by atoms with Crippen LogP contribution in [-0.4, -0.2) is 38.3 Å². The van der Waals surface area contributed by atoms with Crippen LogP contribution in [-0.2, 0) is 16.1 Å². The molecule has 2 rings (SSSR count). The van der Waals surface area contributed by atoms with Gasteiger partial charge < -0.3 is 10.4 Å². The molecule has 0 aliphatic heterocycles. The fourth-order valence-electron chi connectivity index (χ4n) is 2.08. The highest BCUT2D eigenvalue weighted by atomic mass is 32.2. The molecule has 1 aromatic heterocycles. The molecule has 0 unspecified atom stereocenters. The van der Waals surface area contributed by atoms with Gasteiger partial charge in [0.1, 0.15) is 6.54 Å². The Bertz CT molecular complexity index is 819. The summed E-state index contributed by atoms with van der Waals surface area (Å²) in [6, 6.07) is 6.80. The number of aromatic nitrogens is 2. The average Bonchev–Trinajstić information content (AvgIpc) is 2.55. The molecule has 1 amide bonds. The molecule has 0 spiro atoms. The first kappa shape index (κ1) is 18.0. The van der Waals surface area contributed by atoms with Crippen LogP contribution < -0.4 is 10.9 Å². The van der Waals surface area contributed by atoms with Crippen LogP contribution in [0.2, 0.25) is 0 Å². The summed E-state index contributed by atoms with van der Waals surface area (Å²) in [6.07, 6.45) is 0.814. The largest absolute Gasteiger partial charge is 0.480 e. The van der Waals surface area contributed by atoms with Crippen molar-refractivity contribution in [2.75, 3.05) is 5.75 Å². The van der Waals surface area contributed by atoms with Crippen LogP contribution in [0.1, 0.15) is 20.3 Å². The molecule has 8 heteroatoms. The van der Waals surface area contributed by atoms with E-state index in [1.165, 1.54) is 0 Å². The van der Waals surface area contributed by atoms with Gasteiger partial charge in [0.15, 0.2) is 5.16 Å². The van der Waals surface area contributed by atoms with E-state index in [9.17, 15) is 14.4 Å². The molecule has 0 radical (unpaired) electrons. The normalized spacial score (nSPS) is 12.1. The third-order valence-corrected chi connectivity index (χ3v) is 4.45. The number of amides is 1. The zero-order valence-corrected chi connectivity index (χ0v) is 14.3. The molecule has 1 aromatic carbocycles. The number of carbonyl (C=O) groups excluding carboxylic acids is 1. The van der Waals surface area contributed by atoms with Crippen LogP contribution in [0, 0.1) is 0 Å². The number of nitrogens with one attached hydrogen (secondary N) is 1. The molecule has 0 saturated heterocycles. The van der Waals surface area contributed by atoms with Gasteiger partial charge in [0.25, 0.3) is 5.56 Å². The Labute approximate surface area is 143 Å². The Balaban J connectivity index is 2.32. The monoisotopic (exact) mass is 349 g/mol. The van der Waals surface area contributed by atoms with Gasteiger partial charge in [-0.3, -0.25) is 19.0 Å². The average molecular weight is 349 g/mol. The van der Waals surface area contributed by atoms with Crippen LogP contribution >= 0.6 is 11.8 Å². The fourth-order valence-corrected chi connectivity index (χ4v) is 2.89. The fraction of sp³-hybridized carbons (Fsp3) is 0.375. The Morgan fingerprint density at radius 3 is 2.75 bits per heavy atom. The second-order valence-electron chi connectivity index (χ2n) is 5.36. The van der Waals surface area contributed by atoms with Gasteiger partial charge in [-0.15, -0.1) is 0 Å². The summed E-state index contributed by atoms with van der Waals surface area (Å²) in [6.45, 7) is 3.37. The summed E-state index contributed by atoms with van der Waals surface area (Å²) in [5.41, 5.74) is 0.0572. The van der Waals surface area contributed by atoms with Gasteiger partial charge in [0.2, 0.25) is 5.91 Å². The first-order valence-electron chi connectivity index (χ1n) is 7.56. The van der Waals surface area contributed by atoms with E-state index in [4.69, 9.17) is 5.11 Å². The predicted molar refractivity (Wildman–Crippen MR) is 92.3 cm³/mol. The molecule has 1 heterocycles. The molecular formula is C16H19N3O4S. The topological polar surface area (TPSA) is 101 Å². The highest BCUT2D eigenvalue weighted by Crippen LogP contribution is 2.17. The van der Waals surface area contributed by atoms with E-state index in [1.54, 1.807) is 24.3 Å². The molecular weight excluding hydrogens is 330 g/mol. The van der Waals surface area contributed by atoms with Crippen molar-refractivity contribution >= 4 is 34.5 Å². The van der Waals surface area contributed by atoms with Crippen molar-refractivity contribution in [3.05, 3.63) is 34.6 Å². The quantitative estimate of drug-likeness (QED) is 0.580. The Morgan fingerprint density at radius 1 is 1.38 bits per heavy atom. The molecule has 0 aliphatic carbocycles. The van der Waals surface area contributed by atoms with Crippen molar-refractivity contribution in [3.8, 4) is 0 Å². The maximum Gasteiger partial charge on any atom is 0.323 e. The van der Waals surface area contributed by atoms with Crippen molar-refractivity contribution in [2.24, 2.45) is 0 Å². The Kier molecular flexibility index (Phi) is 5.97. The zero-order valence-electron chi connectivity index (χ0n) is 13.5. The van der Waals surface area contributed by atoms with Crippen molar-refractivity contribution in [1.29, 1.82) is 0 Å². The summed E-state index contributed by atoms with van der Waals surface area (Å²) >= 11 is 1.06. The smallest absolute Gasteiger partial charge is 0.323 e. The van der Waals surface area contributed by atoms with E-state index in [2.05, 4.69) is 10.3 Å². The molecule has 7 nitrogen and oxygen atoms in total. The first-order chi connectivity index (χ1) is 11.4. The second-order valence-corrected chi connectivity index (χ2v) is 6.30. The number of hydrogen-bond donors (Lipinski definition) is 2. The van der Waals surface area contributed by atoms with E-state index < -0.39 is 18.1 Å². The van der Waals surface area contributed by atoms with Gasteiger partial charge in [-0.2, -0.15) is 0 Å². The van der Waals surface area contributed by atoms with Crippen molar-refractivity contribution in [1.82, 2.24) is 14.9 Å². The lowest BCUT2D eigenvalue weighted by Gasteiger charge is -2.13. The highest BCUT2D eigenvalue weighted by Gasteiger charge is 2.15. The number of hydrogen-bond acceptors (Lipinski definition) is 5. The molecule has 24 heavy (non-hydrogen) atoms. The molecule has 2 N–H and O–H groups in total. The molecule has 0 saturated carbocycles. The van der Waals surface area contributed by atoms with E-state index in [1.807, 2.05) is 13.8 Å². The van der Waals surface area contributed by atoms with Gasteiger partial charge in [-0.1, -0.05) is 30.8 Å². The van der Waals surface area contributed by atoms with Crippen molar-refractivity contribution in [3.63, 3.8) is 0 Å². The lowest BCUT2D eigenvalue weighted by Crippen LogP contribution is -2.33. The second kappa shape index (κ2) is 7.96. The summed E-state index contributed by atoms with van der Waals surface area (Å²) in [4.78, 5) is 39.8. The molecule has 1 atom stereocenters. The van der Waals surface area contributed by atoms with Gasteiger partial charge in [0.05, 0.1) is 16.7 Å². The van der Waals surface area contributed by atoms with E-state index in [-0.39, 0.29) is 22.9 Å². The van der Waals surface area contributed by atoms with Crippen LogP contribution in [0.15, 0.2) is 34.2 Å². The maximum atomic E-state index is 12.5. The number of benzene rings is 1. The van der Waals surface area contributed by atoms with Gasteiger partial charge in [-0.25, -0.2) is 4.98 Å². The molecule has 0 fully saturated rings. The molecule has 0 bridgehead atoms. The number of carbonyl (C=O) groups is 2. The lowest BCUT2D eigenvalue weighted by molar-refractivity contribution is -0.137. The summed E-state index contributed by atoms with van der Waals surface area (Å²) < 4.78 is 1.09. The highest BCUT2D eigenvalue weighted by molar-refractivity contribution is 7.99. The summed E-state index contributed by atoms with van der Waals surface area (Å²) in [5.74, 6) is -1.26. The molecule has 128 valence electrons. The van der Waals surface area contributed by atoms with Gasteiger partial charge in [0, 0.05) is 6.04 Å². The first-order valence-corrected chi connectivity index (χ1v) is 8.54. The van der Waals surface area contributed by atoms with Crippen LogP contribution in [0.25, 0.3) is 10.9 Å². The van der Waals surface area contributed by atoms with Crippen molar-refractivity contribution < 1.29 is 14.7 Å². The number of thioether (sulfide) groups is 1. The minimum Gasteiger partial charge on any atom is -0.480 e. The Hall–Kier alpha value is -2.35. The number of carboxylic acids is 1. The summed E-state index contributed by atoms with van der Waals surface area (Å²) in [7, 11) is 0. The lowest BCUT2D eigenvalue weighted by atomic mass is 10.2. The maximum absolute atomic E-state index is 12.5. The third-order valence-electron chi connectivity index (χ3n) is 3.47. The van der Waals surface area contributed by atoms with Crippen LogP contribution in [0.5, 0.6) is 0 Å². The zero-order chi connectivity index (χ0) is 17.7. The van der Waals surface area contributed by atoms with Gasteiger partial charge in [-0.05, 0) is 25.5 Å². The molecule has 0 aliphatic rings. The number of para-hydroxylation sites is 1.